The second kappa shape index (κ2) is 5.89. The number of esters is 2. The topological polar surface area (TPSA) is 65.7 Å². The van der Waals surface area contributed by atoms with E-state index < -0.39 is 5.97 Å². The van der Waals surface area contributed by atoms with Gasteiger partial charge in [-0.1, -0.05) is 13.8 Å². The molecule has 0 aliphatic rings. The highest BCUT2D eigenvalue weighted by Gasteiger charge is 2.21. The van der Waals surface area contributed by atoms with E-state index in [1.165, 1.54) is 7.11 Å². The number of aryl methyl sites for hydroxylation is 1. The Balaban J connectivity index is 2.56. The van der Waals surface area contributed by atoms with Crippen LogP contribution in [0.25, 0.3) is 11.0 Å². The van der Waals surface area contributed by atoms with Crippen molar-refractivity contribution in [2.75, 3.05) is 7.11 Å². The Kier molecular flexibility index (Phi) is 4.37. The van der Waals surface area contributed by atoms with Gasteiger partial charge in [-0.25, -0.2) is 4.79 Å². The molecule has 2 aromatic rings. The van der Waals surface area contributed by atoms with Crippen LogP contribution in [0.2, 0.25) is 0 Å². The van der Waals surface area contributed by atoms with Gasteiger partial charge >= 0.3 is 11.9 Å². The molecule has 5 nitrogen and oxygen atoms in total. The van der Waals surface area contributed by atoms with Crippen LogP contribution in [-0.2, 0) is 9.53 Å². The van der Waals surface area contributed by atoms with Gasteiger partial charge in [0.25, 0.3) is 0 Å². The molecule has 0 fully saturated rings. The summed E-state index contributed by atoms with van der Waals surface area (Å²) in [5, 5.41) is 0.550. The molecule has 0 atom stereocenters. The number of carbonyl (C=O) groups is 2. The lowest BCUT2D eigenvalue weighted by Gasteiger charge is -2.08. The maximum atomic E-state index is 11.8. The third-order valence-corrected chi connectivity index (χ3v) is 3.61. The van der Waals surface area contributed by atoms with Gasteiger partial charge in [0.2, 0.25) is 0 Å². The van der Waals surface area contributed by atoms with Crippen molar-refractivity contribution in [1.29, 1.82) is 0 Å². The van der Waals surface area contributed by atoms with E-state index in [1.807, 2.05) is 0 Å². The standard InChI is InChI=1S/C15H15BrO5/c1-7(2)14(17)21-12-5-9-11(6-10(12)16)20-8(3)13(9)15(18)19-4/h5-7H,1-4H3. The predicted octanol–water partition coefficient (Wildman–Crippen LogP) is 3.85. The van der Waals surface area contributed by atoms with Crippen molar-refractivity contribution in [3.63, 3.8) is 0 Å². The summed E-state index contributed by atoms with van der Waals surface area (Å²) in [6.07, 6.45) is 0. The van der Waals surface area contributed by atoms with Crippen molar-refractivity contribution < 1.29 is 23.5 Å². The number of rotatable bonds is 3. The van der Waals surface area contributed by atoms with Gasteiger partial charge in [-0.15, -0.1) is 0 Å². The summed E-state index contributed by atoms with van der Waals surface area (Å²) in [5.41, 5.74) is 0.853. The second-order valence-corrected chi connectivity index (χ2v) is 5.73. The summed E-state index contributed by atoms with van der Waals surface area (Å²) in [4.78, 5) is 23.6. The normalized spacial score (nSPS) is 11.0. The van der Waals surface area contributed by atoms with Gasteiger partial charge in [0.1, 0.15) is 22.7 Å². The molecule has 0 aliphatic heterocycles. The zero-order chi connectivity index (χ0) is 15.7. The molecule has 1 aromatic carbocycles. The van der Waals surface area contributed by atoms with E-state index in [4.69, 9.17) is 13.9 Å². The first-order chi connectivity index (χ1) is 9.85. The zero-order valence-electron chi connectivity index (χ0n) is 12.2. The lowest BCUT2D eigenvalue weighted by molar-refractivity contribution is -0.137. The first kappa shape index (κ1) is 15.6. The van der Waals surface area contributed by atoms with Crippen LogP contribution in [0.5, 0.6) is 5.75 Å². The summed E-state index contributed by atoms with van der Waals surface area (Å²) in [6.45, 7) is 5.17. The lowest BCUT2D eigenvalue weighted by Crippen LogP contribution is -2.15. The molecule has 1 heterocycles. The van der Waals surface area contributed by atoms with Crippen LogP contribution in [0.4, 0.5) is 0 Å². The highest BCUT2D eigenvalue weighted by atomic mass is 79.9. The molecule has 0 radical (unpaired) electrons. The average molecular weight is 355 g/mol. The number of hydrogen-bond acceptors (Lipinski definition) is 5. The number of methoxy groups -OCH3 is 1. The molecule has 0 unspecified atom stereocenters. The molecule has 21 heavy (non-hydrogen) atoms. The van der Waals surface area contributed by atoms with E-state index in [0.29, 0.717) is 32.5 Å². The predicted molar refractivity (Wildman–Crippen MR) is 80.5 cm³/mol. The van der Waals surface area contributed by atoms with Crippen LogP contribution in [0.1, 0.15) is 30.0 Å². The third-order valence-electron chi connectivity index (χ3n) is 2.99. The quantitative estimate of drug-likeness (QED) is 0.618. The number of halogens is 1. The number of benzene rings is 1. The zero-order valence-corrected chi connectivity index (χ0v) is 13.7. The highest BCUT2D eigenvalue weighted by molar-refractivity contribution is 9.10. The Bertz CT molecular complexity index is 714. The fourth-order valence-electron chi connectivity index (χ4n) is 1.88. The van der Waals surface area contributed by atoms with Crippen molar-refractivity contribution in [2.45, 2.75) is 20.8 Å². The van der Waals surface area contributed by atoms with Crippen LogP contribution in [0.3, 0.4) is 0 Å². The Hall–Kier alpha value is -1.82. The first-order valence-electron chi connectivity index (χ1n) is 6.37. The maximum Gasteiger partial charge on any atom is 0.342 e. The highest BCUT2D eigenvalue weighted by Crippen LogP contribution is 2.35. The van der Waals surface area contributed by atoms with Crippen LogP contribution in [0.15, 0.2) is 21.0 Å². The van der Waals surface area contributed by atoms with Crippen molar-refractivity contribution in [2.24, 2.45) is 5.92 Å². The molecule has 0 N–H and O–H groups in total. The maximum absolute atomic E-state index is 11.8. The van der Waals surface area contributed by atoms with Crippen LogP contribution in [-0.4, -0.2) is 19.0 Å². The summed E-state index contributed by atoms with van der Waals surface area (Å²) >= 11 is 3.33. The van der Waals surface area contributed by atoms with Crippen molar-refractivity contribution in [3.8, 4) is 5.75 Å². The van der Waals surface area contributed by atoms with Gasteiger partial charge in [-0.2, -0.15) is 0 Å². The number of hydrogen-bond donors (Lipinski definition) is 0. The molecule has 0 bridgehead atoms. The summed E-state index contributed by atoms with van der Waals surface area (Å²) < 4.78 is 16.2. The van der Waals surface area contributed by atoms with Gasteiger partial charge in [0.15, 0.2) is 0 Å². The molecule has 1 aromatic heterocycles. The molecule has 112 valence electrons. The van der Waals surface area contributed by atoms with Gasteiger partial charge < -0.3 is 13.9 Å². The summed E-state index contributed by atoms with van der Waals surface area (Å²) in [5.74, 6) is -0.299. The van der Waals surface area contributed by atoms with E-state index in [9.17, 15) is 9.59 Å². The molecular formula is C15H15BrO5. The molecule has 0 saturated heterocycles. The van der Waals surface area contributed by atoms with Crippen molar-refractivity contribution >= 4 is 38.8 Å². The number of ether oxygens (including phenoxy) is 2. The molecule has 2 rings (SSSR count). The minimum Gasteiger partial charge on any atom is -0.465 e. The molecular weight excluding hydrogens is 340 g/mol. The second-order valence-electron chi connectivity index (χ2n) is 4.88. The third kappa shape index (κ3) is 2.95. The van der Waals surface area contributed by atoms with E-state index in [-0.39, 0.29) is 11.9 Å². The number of fused-ring (bicyclic) bond motifs is 1. The summed E-state index contributed by atoms with van der Waals surface area (Å²) in [7, 11) is 1.30. The number of furan rings is 1. The van der Waals surface area contributed by atoms with E-state index >= 15 is 0 Å². The largest absolute Gasteiger partial charge is 0.465 e. The van der Waals surface area contributed by atoms with Crippen LogP contribution in [0, 0.1) is 12.8 Å². The Morgan fingerprint density at radius 2 is 1.95 bits per heavy atom. The average Bonchev–Trinajstić information content (AvgIpc) is 2.73. The molecule has 6 heteroatoms. The lowest BCUT2D eigenvalue weighted by atomic mass is 10.1. The minimum atomic E-state index is -0.491. The molecule has 0 amide bonds. The molecule has 0 aliphatic carbocycles. The van der Waals surface area contributed by atoms with Crippen LogP contribution >= 0.6 is 15.9 Å². The SMILES string of the molecule is COC(=O)c1c(C)oc2cc(Br)c(OC(=O)C(C)C)cc12. The fourth-order valence-corrected chi connectivity index (χ4v) is 2.28. The monoisotopic (exact) mass is 354 g/mol. The van der Waals surface area contributed by atoms with Crippen molar-refractivity contribution in [1.82, 2.24) is 0 Å². The Morgan fingerprint density at radius 1 is 1.29 bits per heavy atom. The number of carbonyl (C=O) groups excluding carboxylic acids is 2. The van der Waals surface area contributed by atoms with E-state index in [2.05, 4.69) is 15.9 Å². The Morgan fingerprint density at radius 3 is 2.52 bits per heavy atom. The minimum absolute atomic E-state index is 0.251. The van der Waals surface area contributed by atoms with Gasteiger partial charge in [0, 0.05) is 5.39 Å². The Labute approximate surface area is 130 Å². The van der Waals surface area contributed by atoms with Gasteiger partial charge in [0.05, 0.1) is 17.5 Å². The smallest absolute Gasteiger partial charge is 0.342 e. The van der Waals surface area contributed by atoms with Gasteiger partial charge in [-0.3, -0.25) is 4.79 Å². The van der Waals surface area contributed by atoms with E-state index in [1.54, 1.807) is 32.9 Å². The van der Waals surface area contributed by atoms with Crippen LogP contribution < -0.4 is 4.74 Å². The first-order valence-corrected chi connectivity index (χ1v) is 7.17. The van der Waals surface area contributed by atoms with E-state index in [0.717, 1.165) is 0 Å². The van der Waals surface area contributed by atoms with Crippen molar-refractivity contribution in [3.05, 3.63) is 27.9 Å². The van der Waals surface area contributed by atoms with Gasteiger partial charge in [-0.05, 0) is 35.0 Å². The summed E-state index contributed by atoms with van der Waals surface area (Å²) in [6, 6.07) is 3.26. The molecule has 0 spiro atoms. The molecule has 0 saturated carbocycles. The fraction of sp³-hybridized carbons (Fsp3) is 0.333.